The number of aromatic nitrogens is 4. The lowest BCUT2D eigenvalue weighted by Crippen LogP contribution is -2.48. The van der Waals surface area contributed by atoms with Gasteiger partial charge in [-0.3, -0.25) is 4.90 Å². The molecule has 3 aromatic rings. The molecule has 0 radical (unpaired) electrons. The van der Waals surface area contributed by atoms with Gasteiger partial charge in [0.1, 0.15) is 11.6 Å². The number of hydrogen-bond acceptors (Lipinski definition) is 6. The first-order valence-electron chi connectivity index (χ1n) is 10.2. The van der Waals surface area contributed by atoms with E-state index in [9.17, 15) is 4.39 Å². The first-order chi connectivity index (χ1) is 14.6. The van der Waals surface area contributed by atoms with Crippen LogP contribution in [0.1, 0.15) is 37.3 Å². The molecule has 1 aromatic heterocycles. The van der Waals surface area contributed by atoms with Crippen LogP contribution in [0, 0.1) is 5.82 Å². The smallest absolute Gasteiger partial charge is 0.173 e. The van der Waals surface area contributed by atoms with E-state index >= 15 is 0 Å². The van der Waals surface area contributed by atoms with Crippen LogP contribution in [0.4, 0.5) is 10.1 Å². The Kier molecular flexibility index (Phi) is 5.94. The molecule has 1 atom stereocenters. The number of rotatable bonds is 6. The van der Waals surface area contributed by atoms with Crippen LogP contribution < -0.4 is 9.64 Å². The Bertz CT molecular complexity index is 966. The van der Waals surface area contributed by atoms with Crippen molar-refractivity contribution >= 4 is 5.69 Å². The number of ether oxygens (including phenoxy) is 1. The predicted octanol–water partition coefficient (Wildman–Crippen LogP) is 3.31. The van der Waals surface area contributed by atoms with E-state index in [0.717, 1.165) is 43.3 Å². The SMILES string of the molecule is COc1ccc(C(c2nnnn2C(C)C)N2CCN(c3ccccc3F)CC2)cc1. The van der Waals surface area contributed by atoms with Crippen LogP contribution in [-0.4, -0.2) is 58.4 Å². The zero-order valence-electron chi connectivity index (χ0n) is 17.6. The summed E-state index contributed by atoms with van der Waals surface area (Å²) in [5.41, 5.74) is 1.76. The Balaban J connectivity index is 1.62. The van der Waals surface area contributed by atoms with Crippen molar-refractivity contribution in [3.63, 3.8) is 0 Å². The standard InChI is InChI=1S/C22H27FN6O/c1-16(2)29-22(24-25-26-29)21(17-8-10-18(30-3)11-9-17)28-14-12-27(13-15-28)20-7-5-4-6-19(20)23/h4-11,16,21H,12-15H2,1-3H3. The van der Waals surface area contributed by atoms with Crippen molar-refractivity contribution in [1.82, 2.24) is 25.1 Å². The molecule has 1 saturated heterocycles. The van der Waals surface area contributed by atoms with E-state index in [0.29, 0.717) is 5.69 Å². The third-order valence-electron chi connectivity index (χ3n) is 5.56. The van der Waals surface area contributed by atoms with Gasteiger partial charge in [0, 0.05) is 26.2 Å². The minimum absolute atomic E-state index is 0.0870. The molecule has 8 heteroatoms. The molecule has 1 aliphatic rings. The van der Waals surface area contributed by atoms with Gasteiger partial charge in [0.05, 0.1) is 24.9 Å². The molecule has 1 unspecified atom stereocenters. The van der Waals surface area contributed by atoms with Crippen molar-refractivity contribution in [2.24, 2.45) is 0 Å². The Morgan fingerprint density at radius 1 is 0.967 bits per heavy atom. The van der Waals surface area contributed by atoms with Crippen LogP contribution in [0.25, 0.3) is 0 Å². The second-order valence-corrected chi connectivity index (χ2v) is 7.73. The van der Waals surface area contributed by atoms with Crippen LogP contribution >= 0.6 is 0 Å². The third-order valence-corrected chi connectivity index (χ3v) is 5.56. The molecule has 30 heavy (non-hydrogen) atoms. The zero-order valence-corrected chi connectivity index (χ0v) is 17.6. The van der Waals surface area contributed by atoms with E-state index in [4.69, 9.17) is 4.74 Å². The minimum Gasteiger partial charge on any atom is -0.497 e. The van der Waals surface area contributed by atoms with E-state index in [1.807, 2.05) is 28.9 Å². The van der Waals surface area contributed by atoms with Crippen LogP contribution in [0.15, 0.2) is 48.5 Å². The fourth-order valence-corrected chi connectivity index (χ4v) is 3.99. The number of methoxy groups -OCH3 is 1. The molecule has 0 amide bonds. The first-order valence-corrected chi connectivity index (χ1v) is 10.2. The lowest BCUT2D eigenvalue weighted by molar-refractivity contribution is 0.198. The van der Waals surface area contributed by atoms with E-state index in [-0.39, 0.29) is 17.9 Å². The monoisotopic (exact) mass is 410 g/mol. The summed E-state index contributed by atoms with van der Waals surface area (Å²) in [6, 6.07) is 15.1. The van der Waals surface area contributed by atoms with Crippen LogP contribution in [0.3, 0.4) is 0 Å². The molecule has 0 spiro atoms. The molecule has 1 fully saturated rings. The molecule has 2 heterocycles. The van der Waals surface area contributed by atoms with E-state index in [1.54, 1.807) is 13.2 Å². The van der Waals surface area contributed by atoms with Crippen molar-refractivity contribution in [3.8, 4) is 5.75 Å². The van der Waals surface area contributed by atoms with Gasteiger partial charge in [-0.2, -0.15) is 0 Å². The lowest BCUT2D eigenvalue weighted by atomic mass is 10.0. The molecule has 0 bridgehead atoms. The number of hydrogen-bond donors (Lipinski definition) is 0. The fourth-order valence-electron chi connectivity index (χ4n) is 3.99. The summed E-state index contributed by atoms with van der Waals surface area (Å²) in [5.74, 6) is 1.45. The summed E-state index contributed by atoms with van der Waals surface area (Å²) in [6.07, 6.45) is 0. The van der Waals surface area contributed by atoms with Crippen molar-refractivity contribution in [2.45, 2.75) is 25.9 Å². The lowest BCUT2D eigenvalue weighted by Gasteiger charge is -2.40. The van der Waals surface area contributed by atoms with Gasteiger partial charge < -0.3 is 9.64 Å². The molecule has 1 aliphatic heterocycles. The van der Waals surface area contributed by atoms with Gasteiger partial charge in [0.25, 0.3) is 0 Å². The summed E-state index contributed by atoms with van der Waals surface area (Å²) in [4.78, 5) is 4.46. The molecule has 4 rings (SSSR count). The first kappa shape index (κ1) is 20.3. The predicted molar refractivity (Wildman–Crippen MR) is 113 cm³/mol. The maximum atomic E-state index is 14.2. The van der Waals surface area contributed by atoms with Gasteiger partial charge in [0.15, 0.2) is 5.82 Å². The number of nitrogens with zero attached hydrogens (tertiary/aromatic N) is 6. The highest BCUT2D eigenvalue weighted by molar-refractivity contribution is 5.48. The Labute approximate surface area is 176 Å². The average molecular weight is 410 g/mol. The van der Waals surface area contributed by atoms with Crippen molar-refractivity contribution in [2.75, 3.05) is 38.2 Å². The van der Waals surface area contributed by atoms with Crippen molar-refractivity contribution in [1.29, 1.82) is 0 Å². The topological polar surface area (TPSA) is 59.3 Å². The van der Waals surface area contributed by atoms with E-state index in [1.165, 1.54) is 6.07 Å². The number of piperazine rings is 1. The van der Waals surface area contributed by atoms with Gasteiger partial charge in [-0.25, -0.2) is 9.07 Å². The highest BCUT2D eigenvalue weighted by Gasteiger charge is 2.31. The van der Waals surface area contributed by atoms with Crippen LogP contribution in [0.5, 0.6) is 5.75 Å². The normalized spacial score (nSPS) is 16.1. The Hall–Kier alpha value is -3.00. The Morgan fingerprint density at radius 2 is 1.67 bits per heavy atom. The second kappa shape index (κ2) is 8.79. The zero-order chi connectivity index (χ0) is 21.1. The van der Waals surface area contributed by atoms with Gasteiger partial charge >= 0.3 is 0 Å². The number of tetrazole rings is 1. The van der Waals surface area contributed by atoms with Gasteiger partial charge in [-0.15, -0.1) is 5.10 Å². The molecule has 0 saturated carbocycles. The molecule has 158 valence electrons. The number of para-hydroxylation sites is 1. The minimum atomic E-state index is -0.179. The van der Waals surface area contributed by atoms with Crippen molar-refractivity contribution in [3.05, 3.63) is 65.7 Å². The van der Waals surface area contributed by atoms with E-state index < -0.39 is 0 Å². The van der Waals surface area contributed by atoms with Crippen LogP contribution in [-0.2, 0) is 0 Å². The molecule has 2 aromatic carbocycles. The number of benzene rings is 2. The largest absolute Gasteiger partial charge is 0.497 e. The Morgan fingerprint density at radius 3 is 2.30 bits per heavy atom. The summed E-state index contributed by atoms with van der Waals surface area (Å²) >= 11 is 0. The highest BCUT2D eigenvalue weighted by Crippen LogP contribution is 2.31. The molecule has 0 aliphatic carbocycles. The third kappa shape index (κ3) is 4.00. The maximum Gasteiger partial charge on any atom is 0.173 e. The summed E-state index contributed by atoms with van der Waals surface area (Å²) < 4.78 is 21.4. The average Bonchev–Trinajstić information content (AvgIpc) is 3.25. The van der Waals surface area contributed by atoms with Gasteiger partial charge in [-0.05, 0) is 54.1 Å². The summed E-state index contributed by atoms with van der Waals surface area (Å²) in [7, 11) is 1.66. The quantitative estimate of drug-likeness (QED) is 0.621. The maximum absolute atomic E-state index is 14.2. The molecule has 0 N–H and O–H groups in total. The fraction of sp³-hybridized carbons (Fsp3) is 0.409. The van der Waals surface area contributed by atoms with Gasteiger partial charge in [-0.1, -0.05) is 24.3 Å². The number of halogens is 1. The molecule has 7 nitrogen and oxygen atoms in total. The van der Waals surface area contributed by atoms with Gasteiger partial charge in [0.2, 0.25) is 0 Å². The van der Waals surface area contributed by atoms with Crippen molar-refractivity contribution < 1.29 is 9.13 Å². The van der Waals surface area contributed by atoms with Crippen LogP contribution in [0.2, 0.25) is 0 Å². The summed E-state index contributed by atoms with van der Waals surface area (Å²) in [5, 5.41) is 12.5. The molecular weight excluding hydrogens is 383 g/mol. The highest BCUT2D eigenvalue weighted by atomic mass is 19.1. The summed E-state index contributed by atoms with van der Waals surface area (Å²) in [6.45, 7) is 7.15. The second-order valence-electron chi connectivity index (χ2n) is 7.73. The number of anilines is 1. The molecular formula is C22H27FN6O. The van der Waals surface area contributed by atoms with E-state index in [2.05, 4.69) is 51.3 Å².